The van der Waals surface area contributed by atoms with Gasteiger partial charge in [0, 0.05) is 0 Å². The number of hydrogen-bond donors (Lipinski definition) is 3. The van der Waals surface area contributed by atoms with Gasteiger partial charge in [-0.3, -0.25) is 14.4 Å². The fourth-order valence-corrected chi connectivity index (χ4v) is 2.05. The molecule has 2 amide bonds. The number of para-hydroxylation sites is 1. The van der Waals surface area contributed by atoms with Gasteiger partial charge in [0.05, 0.1) is 23.1 Å². The van der Waals surface area contributed by atoms with E-state index in [1.807, 2.05) is 0 Å². The molecule has 124 valence electrons. The summed E-state index contributed by atoms with van der Waals surface area (Å²) in [5, 5.41) is 12.9. The third-order valence-electron chi connectivity index (χ3n) is 3.32. The van der Waals surface area contributed by atoms with Gasteiger partial charge < -0.3 is 15.7 Å². The zero-order valence-electron chi connectivity index (χ0n) is 11.7. The minimum Gasteiger partial charge on any atom is -0.481 e. The molecule has 0 heterocycles. The van der Waals surface area contributed by atoms with Crippen LogP contribution in [0.1, 0.15) is 16.8 Å². The minimum absolute atomic E-state index is 0.0354. The van der Waals surface area contributed by atoms with E-state index in [1.54, 1.807) is 5.32 Å². The largest absolute Gasteiger partial charge is 0.481 e. The number of carboxylic acid groups (broad SMARTS) is 1. The predicted molar refractivity (Wildman–Crippen MR) is 72.7 cm³/mol. The number of hydrogen-bond acceptors (Lipinski definition) is 3. The molecule has 0 radical (unpaired) electrons. The van der Waals surface area contributed by atoms with Gasteiger partial charge in [0.2, 0.25) is 5.91 Å². The van der Waals surface area contributed by atoms with Crippen LogP contribution in [0.5, 0.6) is 0 Å². The molecule has 3 N–H and O–H groups in total. The molecule has 2 atom stereocenters. The highest BCUT2D eigenvalue weighted by atomic mass is 19.4. The summed E-state index contributed by atoms with van der Waals surface area (Å²) < 4.78 is 36.4. The van der Waals surface area contributed by atoms with Crippen LogP contribution in [-0.2, 0) is 9.59 Å². The van der Waals surface area contributed by atoms with E-state index in [1.165, 1.54) is 24.3 Å². The van der Waals surface area contributed by atoms with Crippen molar-refractivity contribution in [3.8, 4) is 0 Å². The third-order valence-corrected chi connectivity index (χ3v) is 3.32. The van der Waals surface area contributed by atoms with E-state index in [2.05, 4.69) is 5.32 Å². The van der Waals surface area contributed by atoms with Crippen molar-refractivity contribution in [2.45, 2.75) is 12.6 Å². The number of benzene rings is 1. The SMILES string of the molecule is O=C(NCC(F)(F)F)c1ccccc1NC(=O)[C@@H]1C[C@H]1C(=O)O. The number of carbonyl (C=O) groups excluding carboxylic acids is 2. The van der Waals surface area contributed by atoms with E-state index in [0.717, 1.165) is 0 Å². The number of aliphatic carboxylic acids is 1. The highest BCUT2D eigenvalue weighted by Gasteiger charge is 2.48. The summed E-state index contributed by atoms with van der Waals surface area (Å²) in [6.07, 6.45) is -4.35. The van der Waals surface area contributed by atoms with Gasteiger partial charge in [-0.05, 0) is 18.6 Å². The van der Waals surface area contributed by atoms with Gasteiger partial charge in [0.25, 0.3) is 5.91 Å². The molecule has 0 saturated heterocycles. The molecule has 0 aliphatic heterocycles. The van der Waals surface area contributed by atoms with Crippen LogP contribution in [-0.4, -0.2) is 35.6 Å². The van der Waals surface area contributed by atoms with Crippen molar-refractivity contribution in [2.75, 3.05) is 11.9 Å². The van der Waals surface area contributed by atoms with Crippen LogP contribution in [0.2, 0.25) is 0 Å². The maximum Gasteiger partial charge on any atom is 0.405 e. The zero-order valence-corrected chi connectivity index (χ0v) is 11.7. The van der Waals surface area contributed by atoms with E-state index in [4.69, 9.17) is 5.11 Å². The lowest BCUT2D eigenvalue weighted by molar-refractivity contribution is -0.139. The summed E-state index contributed by atoms with van der Waals surface area (Å²) in [5.41, 5.74) is -0.0918. The van der Waals surface area contributed by atoms with E-state index >= 15 is 0 Å². The summed E-state index contributed by atoms with van der Waals surface area (Å²) >= 11 is 0. The molecule has 23 heavy (non-hydrogen) atoms. The van der Waals surface area contributed by atoms with Crippen molar-refractivity contribution < 1.29 is 32.7 Å². The lowest BCUT2D eigenvalue weighted by Gasteiger charge is -2.12. The molecular weight excluding hydrogens is 317 g/mol. The molecule has 9 heteroatoms. The molecule has 1 saturated carbocycles. The Labute approximate surface area is 128 Å². The van der Waals surface area contributed by atoms with Crippen molar-refractivity contribution in [1.29, 1.82) is 0 Å². The predicted octanol–water partition coefficient (Wildman–Crippen LogP) is 1.64. The van der Waals surface area contributed by atoms with Crippen LogP contribution in [0.3, 0.4) is 0 Å². The number of rotatable bonds is 5. The van der Waals surface area contributed by atoms with Crippen LogP contribution < -0.4 is 10.6 Å². The molecule has 0 unspecified atom stereocenters. The standard InChI is InChI=1S/C14H13F3N2O4/c15-14(16,17)6-18-11(20)7-3-1-2-4-10(7)19-12(21)8-5-9(8)13(22)23/h1-4,8-9H,5-6H2,(H,18,20)(H,19,21)(H,22,23)/t8-,9-/m1/s1. The maximum absolute atomic E-state index is 12.1. The van der Waals surface area contributed by atoms with Gasteiger partial charge in [-0.15, -0.1) is 0 Å². The van der Waals surface area contributed by atoms with Gasteiger partial charge in [-0.2, -0.15) is 13.2 Å². The molecule has 1 aromatic carbocycles. The minimum atomic E-state index is -4.55. The highest BCUT2D eigenvalue weighted by Crippen LogP contribution is 2.39. The zero-order chi connectivity index (χ0) is 17.2. The van der Waals surface area contributed by atoms with E-state index < -0.39 is 42.3 Å². The Kier molecular flexibility index (Phi) is 4.57. The van der Waals surface area contributed by atoms with E-state index in [9.17, 15) is 27.6 Å². The van der Waals surface area contributed by atoms with Crippen molar-refractivity contribution in [3.63, 3.8) is 0 Å². The van der Waals surface area contributed by atoms with Crippen molar-refractivity contribution >= 4 is 23.5 Å². The number of anilines is 1. The number of carboxylic acids is 1. The van der Waals surface area contributed by atoms with Crippen LogP contribution in [0.4, 0.5) is 18.9 Å². The Morgan fingerprint density at radius 3 is 2.39 bits per heavy atom. The van der Waals surface area contributed by atoms with Crippen molar-refractivity contribution in [1.82, 2.24) is 5.32 Å². The van der Waals surface area contributed by atoms with E-state index in [0.29, 0.717) is 0 Å². The molecular formula is C14H13F3N2O4. The average Bonchev–Trinajstić information content (AvgIpc) is 3.25. The highest BCUT2D eigenvalue weighted by molar-refractivity contribution is 6.05. The molecule has 1 aliphatic carbocycles. The molecule has 0 bridgehead atoms. The summed E-state index contributed by atoms with van der Waals surface area (Å²) in [5.74, 6) is -4.10. The topological polar surface area (TPSA) is 95.5 Å². The lowest BCUT2D eigenvalue weighted by atomic mass is 10.1. The lowest BCUT2D eigenvalue weighted by Crippen LogP contribution is -2.34. The first-order chi connectivity index (χ1) is 10.7. The molecule has 1 aromatic rings. The fraction of sp³-hybridized carbons (Fsp3) is 0.357. The maximum atomic E-state index is 12.1. The third kappa shape index (κ3) is 4.44. The quantitative estimate of drug-likeness (QED) is 0.765. The normalized spacial score (nSPS) is 19.8. The van der Waals surface area contributed by atoms with Gasteiger partial charge in [0.15, 0.2) is 0 Å². The van der Waals surface area contributed by atoms with Gasteiger partial charge >= 0.3 is 12.1 Å². The summed E-state index contributed by atoms with van der Waals surface area (Å²) in [6, 6.07) is 5.56. The molecule has 1 aliphatic rings. The smallest absolute Gasteiger partial charge is 0.405 e. The van der Waals surface area contributed by atoms with E-state index in [-0.39, 0.29) is 17.7 Å². The van der Waals surface area contributed by atoms with Crippen molar-refractivity contribution in [2.24, 2.45) is 11.8 Å². The number of halogens is 3. The second kappa shape index (κ2) is 6.27. The average molecular weight is 330 g/mol. The Morgan fingerprint density at radius 2 is 1.83 bits per heavy atom. The first-order valence-electron chi connectivity index (χ1n) is 6.66. The molecule has 6 nitrogen and oxygen atoms in total. The van der Waals surface area contributed by atoms with Gasteiger partial charge in [0.1, 0.15) is 6.54 Å². The Balaban J connectivity index is 2.04. The first-order valence-corrected chi connectivity index (χ1v) is 6.66. The fourth-order valence-electron chi connectivity index (χ4n) is 2.05. The van der Waals surface area contributed by atoms with Crippen molar-refractivity contribution in [3.05, 3.63) is 29.8 Å². The number of amides is 2. The van der Waals surface area contributed by atoms with Crippen LogP contribution >= 0.6 is 0 Å². The molecule has 0 spiro atoms. The Bertz CT molecular complexity index is 645. The number of carbonyl (C=O) groups is 3. The second-order valence-electron chi connectivity index (χ2n) is 5.12. The van der Waals surface area contributed by atoms with Crippen LogP contribution in [0.15, 0.2) is 24.3 Å². The first kappa shape index (κ1) is 16.8. The molecule has 0 aromatic heterocycles. The van der Waals surface area contributed by atoms with Crippen LogP contribution in [0, 0.1) is 11.8 Å². The Hall–Kier alpha value is -2.58. The summed E-state index contributed by atoms with van der Waals surface area (Å²) in [7, 11) is 0. The molecule has 2 rings (SSSR count). The second-order valence-corrected chi connectivity index (χ2v) is 5.12. The number of nitrogens with one attached hydrogen (secondary N) is 2. The number of alkyl halides is 3. The molecule has 1 fully saturated rings. The Morgan fingerprint density at radius 1 is 1.17 bits per heavy atom. The van der Waals surface area contributed by atoms with Gasteiger partial charge in [-0.1, -0.05) is 12.1 Å². The summed E-state index contributed by atoms with van der Waals surface area (Å²) in [6.45, 7) is -1.49. The van der Waals surface area contributed by atoms with Gasteiger partial charge in [-0.25, -0.2) is 0 Å². The summed E-state index contributed by atoms with van der Waals surface area (Å²) in [4.78, 5) is 34.4. The monoisotopic (exact) mass is 330 g/mol. The van der Waals surface area contributed by atoms with Crippen LogP contribution in [0.25, 0.3) is 0 Å².